The summed E-state index contributed by atoms with van der Waals surface area (Å²) in [4.78, 5) is 11.9. The second-order valence-electron chi connectivity index (χ2n) is 5.17. The maximum atomic E-state index is 11.9. The number of carbonyl (C=O) groups excluding carboxylic acids is 1. The number of unbranched alkanes of at least 4 members (excludes halogenated alkanes) is 1. The molecule has 3 heteroatoms. The highest BCUT2D eigenvalue weighted by Gasteiger charge is 2.04. The van der Waals surface area contributed by atoms with Crippen LogP contribution in [0.2, 0.25) is 0 Å². The molecule has 21 heavy (non-hydrogen) atoms. The molecule has 110 valence electrons. The first-order valence-electron chi connectivity index (χ1n) is 7.61. The van der Waals surface area contributed by atoms with Crippen molar-refractivity contribution in [3.63, 3.8) is 0 Å². The number of carbonyl (C=O) groups is 1. The molecule has 3 nitrogen and oxygen atoms in total. The average Bonchev–Trinajstić information content (AvgIpc) is 2.53. The van der Waals surface area contributed by atoms with Gasteiger partial charge in [-0.1, -0.05) is 25.1 Å². The second-order valence-corrected chi connectivity index (χ2v) is 5.17. The van der Waals surface area contributed by atoms with Gasteiger partial charge in [0.05, 0.1) is 0 Å². The summed E-state index contributed by atoms with van der Waals surface area (Å²) in [5.74, 6) is 0.0947. The van der Waals surface area contributed by atoms with Gasteiger partial charge in [-0.3, -0.25) is 4.79 Å². The highest BCUT2D eigenvalue weighted by atomic mass is 16.1. The third-order valence-corrected chi connectivity index (χ3v) is 3.49. The predicted molar refractivity (Wildman–Crippen MR) is 84.9 cm³/mol. The van der Waals surface area contributed by atoms with Crippen LogP contribution < -0.4 is 9.88 Å². The highest BCUT2D eigenvalue weighted by molar-refractivity contribution is 5.90. The Kier molecular flexibility index (Phi) is 5.95. The molecule has 0 aliphatic rings. The molecular weight excluding hydrogens is 260 g/mol. The van der Waals surface area contributed by atoms with E-state index in [4.69, 9.17) is 0 Å². The topological polar surface area (TPSA) is 33.0 Å². The lowest BCUT2D eigenvalue weighted by Gasteiger charge is -2.05. The van der Waals surface area contributed by atoms with Crippen LogP contribution in [-0.4, -0.2) is 5.91 Å². The standard InChI is InChI=1S/C18H22N2O/c1-2-16-9-11-17(12-10-16)19-18(21)8-4-7-15-20-13-5-3-6-14-20/h3,5-6,9-14H,2,4,7-8,15H2,1H3/p+1. The van der Waals surface area contributed by atoms with Crippen LogP contribution in [0.25, 0.3) is 0 Å². The number of nitrogens with one attached hydrogen (secondary N) is 1. The molecule has 2 rings (SSSR count). The van der Waals surface area contributed by atoms with Crippen LogP contribution in [0.1, 0.15) is 31.7 Å². The van der Waals surface area contributed by atoms with Crippen molar-refractivity contribution < 1.29 is 9.36 Å². The van der Waals surface area contributed by atoms with E-state index in [0.717, 1.165) is 31.5 Å². The van der Waals surface area contributed by atoms with E-state index in [9.17, 15) is 4.79 Å². The molecular formula is C18H23N2O+. The summed E-state index contributed by atoms with van der Waals surface area (Å²) in [6, 6.07) is 14.1. The van der Waals surface area contributed by atoms with Gasteiger partial charge < -0.3 is 5.32 Å². The third-order valence-electron chi connectivity index (χ3n) is 3.49. The van der Waals surface area contributed by atoms with Crippen molar-refractivity contribution in [2.24, 2.45) is 0 Å². The normalized spacial score (nSPS) is 10.3. The van der Waals surface area contributed by atoms with Crippen molar-refractivity contribution in [1.82, 2.24) is 0 Å². The van der Waals surface area contributed by atoms with E-state index in [-0.39, 0.29) is 5.91 Å². The molecule has 0 atom stereocenters. The number of aryl methyl sites for hydroxylation is 2. The van der Waals surface area contributed by atoms with Crippen LogP contribution in [0.5, 0.6) is 0 Å². The fourth-order valence-electron chi connectivity index (χ4n) is 2.21. The molecule has 1 N–H and O–H groups in total. The van der Waals surface area contributed by atoms with Crippen molar-refractivity contribution in [3.8, 4) is 0 Å². The molecule has 1 aromatic carbocycles. The van der Waals surface area contributed by atoms with Gasteiger partial charge in [0.15, 0.2) is 12.4 Å². The summed E-state index contributed by atoms with van der Waals surface area (Å²) in [5, 5.41) is 2.95. The van der Waals surface area contributed by atoms with Gasteiger partial charge in [0.2, 0.25) is 5.91 Å². The fraction of sp³-hybridized carbons (Fsp3) is 0.333. The largest absolute Gasteiger partial charge is 0.326 e. The van der Waals surface area contributed by atoms with Gasteiger partial charge in [-0.15, -0.1) is 0 Å². The Hall–Kier alpha value is -2.16. The Morgan fingerprint density at radius 2 is 1.76 bits per heavy atom. The summed E-state index contributed by atoms with van der Waals surface area (Å²) >= 11 is 0. The van der Waals surface area contributed by atoms with Gasteiger partial charge in [0, 0.05) is 30.7 Å². The lowest BCUT2D eigenvalue weighted by Crippen LogP contribution is -2.32. The molecule has 0 saturated carbocycles. The van der Waals surface area contributed by atoms with Crippen molar-refractivity contribution >= 4 is 11.6 Å². The van der Waals surface area contributed by atoms with Crippen LogP contribution in [0.4, 0.5) is 5.69 Å². The number of nitrogens with zero attached hydrogens (tertiary/aromatic N) is 1. The van der Waals surface area contributed by atoms with Gasteiger partial charge in [0.1, 0.15) is 6.54 Å². The minimum Gasteiger partial charge on any atom is -0.326 e. The molecule has 2 aromatic rings. The van der Waals surface area contributed by atoms with Crippen LogP contribution in [0, 0.1) is 0 Å². The van der Waals surface area contributed by atoms with E-state index in [1.807, 2.05) is 30.3 Å². The number of anilines is 1. The molecule has 0 fully saturated rings. The highest BCUT2D eigenvalue weighted by Crippen LogP contribution is 2.10. The van der Waals surface area contributed by atoms with Crippen LogP contribution in [0.15, 0.2) is 54.9 Å². The van der Waals surface area contributed by atoms with Gasteiger partial charge in [0.25, 0.3) is 0 Å². The van der Waals surface area contributed by atoms with Crippen molar-refractivity contribution in [3.05, 3.63) is 60.4 Å². The van der Waals surface area contributed by atoms with E-state index in [1.165, 1.54) is 5.56 Å². The summed E-state index contributed by atoms with van der Waals surface area (Å²) in [7, 11) is 0. The zero-order valence-corrected chi connectivity index (χ0v) is 12.6. The number of rotatable bonds is 7. The SMILES string of the molecule is CCc1ccc(NC(=O)CCCC[n+]2ccccc2)cc1. The molecule has 0 aliphatic carbocycles. The summed E-state index contributed by atoms with van der Waals surface area (Å²) in [6.45, 7) is 3.08. The van der Waals surface area contributed by atoms with Gasteiger partial charge in [-0.25, -0.2) is 4.57 Å². The number of hydrogen-bond acceptors (Lipinski definition) is 1. The number of benzene rings is 1. The number of aromatic nitrogens is 1. The number of pyridine rings is 1. The Balaban J connectivity index is 1.67. The van der Waals surface area contributed by atoms with Gasteiger partial charge in [-0.2, -0.15) is 0 Å². The Morgan fingerprint density at radius 1 is 1.05 bits per heavy atom. The first-order chi connectivity index (χ1) is 10.3. The minimum absolute atomic E-state index is 0.0947. The Morgan fingerprint density at radius 3 is 2.43 bits per heavy atom. The maximum Gasteiger partial charge on any atom is 0.224 e. The smallest absolute Gasteiger partial charge is 0.224 e. The average molecular weight is 283 g/mol. The van der Waals surface area contributed by atoms with E-state index in [0.29, 0.717) is 6.42 Å². The molecule has 0 saturated heterocycles. The summed E-state index contributed by atoms with van der Waals surface area (Å²) < 4.78 is 2.14. The lowest BCUT2D eigenvalue weighted by atomic mass is 10.1. The Bertz CT molecular complexity index is 549. The van der Waals surface area contributed by atoms with Gasteiger partial charge >= 0.3 is 0 Å². The van der Waals surface area contributed by atoms with Crippen LogP contribution in [-0.2, 0) is 17.8 Å². The van der Waals surface area contributed by atoms with Crippen molar-refractivity contribution in [1.29, 1.82) is 0 Å². The zero-order valence-electron chi connectivity index (χ0n) is 12.6. The summed E-state index contributed by atoms with van der Waals surface area (Å²) in [6.07, 6.45) is 7.61. The molecule has 1 aromatic heterocycles. The second kappa shape index (κ2) is 8.20. The minimum atomic E-state index is 0.0947. The monoisotopic (exact) mass is 283 g/mol. The lowest BCUT2D eigenvalue weighted by molar-refractivity contribution is -0.697. The quantitative estimate of drug-likeness (QED) is 0.613. The van der Waals surface area contributed by atoms with E-state index >= 15 is 0 Å². The maximum absolute atomic E-state index is 11.9. The van der Waals surface area contributed by atoms with Crippen molar-refractivity contribution in [2.45, 2.75) is 39.2 Å². The predicted octanol–water partition coefficient (Wildman–Crippen LogP) is 3.35. The first kappa shape index (κ1) is 15.2. The number of amides is 1. The molecule has 0 radical (unpaired) electrons. The molecule has 1 heterocycles. The third kappa shape index (κ3) is 5.38. The fourth-order valence-corrected chi connectivity index (χ4v) is 2.21. The molecule has 1 amide bonds. The van der Waals surface area contributed by atoms with Gasteiger partial charge in [-0.05, 0) is 30.5 Å². The number of hydrogen-bond donors (Lipinski definition) is 1. The first-order valence-corrected chi connectivity index (χ1v) is 7.61. The molecule has 0 spiro atoms. The van der Waals surface area contributed by atoms with E-state index in [2.05, 4.69) is 41.3 Å². The van der Waals surface area contributed by atoms with E-state index in [1.54, 1.807) is 0 Å². The van der Waals surface area contributed by atoms with Crippen LogP contribution >= 0.6 is 0 Å². The summed E-state index contributed by atoms with van der Waals surface area (Å²) in [5.41, 5.74) is 2.17. The Labute approximate surface area is 126 Å². The van der Waals surface area contributed by atoms with E-state index < -0.39 is 0 Å². The van der Waals surface area contributed by atoms with Crippen molar-refractivity contribution in [2.75, 3.05) is 5.32 Å². The molecule has 0 unspecified atom stereocenters. The molecule has 0 bridgehead atoms. The zero-order chi connectivity index (χ0) is 14.9. The molecule has 0 aliphatic heterocycles. The van der Waals surface area contributed by atoms with Crippen LogP contribution in [0.3, 0.4) is 0 Å².